The van der Waals surface area contributed by atoms with Crippen LogP contribution in [0.25, 0.3) is 0 Å². The molecular weight excluding hydrogens is 360 g/mol. The number of carbonyl (C=O) groups is 2. The highest BCUT2D eigenvalue weighted by molar-refractivity contribution is 5.66. The summed E-state index contributed by atoms with van der Waals surface area (Å²) in [5.74, 6) is -0.653. The summed E-state index contributed by atoms with van der Waals surface area (Å²) in [5, 5.41) is 16.8. The van der Waals surface area contributed by atoms with Gasteiger partial charge in [0.1, 0.15) is 6.61 Å². The highest BCUT2D eigenvalue weighted by atomic mass is 16.8. The summed E-state index contributed by atoms with van der Waals surface area (Å²) < 4.78 is 8.73. The van der Waals surface area contributed by atoms with Gasteiger partial charge in [0, 0.05) is 6.42 Å². The minimum absolute atomic E-state index is 0.161. The molecule has 0 spiro atoms. The van der Waals surface area contributed by atoms with Crippen molar-refractivity contribution in [2.24, 2.45) is 0 Å². The maximum atomic E-state index is 10.3. The fourth-order valence-corrected chi connectivity index (χ4v) is 3.10. The van der Waals surface area contributed by atoms with Gasteiger partial charge in [-0.1, -0.05) is 96.8 Å². The van der Waals surface area contributed by atoms with Crippen molar-refractivity contribution in [3.05, 3.63) is 0 Å². The Morgan fingerprint density at radius 2 is 1.29 bits per heavy atom. The van der Waals surface area contributed by atoms with Gasteiger partial charge >= 0.3 is 12.1 Å². The average molecular weight is 403 g/mol. The number of aliphatic carboxylic acids is 1. The van der Waals surface area contributed by atoms with Crippen LogP contribution in [0.15, 0.2) is 0 Å². The summed E-state index contributed by atoms with van der Waals surface area (Å²) >= 11 is 0. The van der Waals surface area contributed by atoms with Crippen molar-refractivity contribution in [3.63, 3.8) is 0 Å². The van der Waals surface area contributed by atoms with Crippen molar-refractivity contribution < 1.29 is 29.3 Å². The van der Waals surface area contributed by atoms with E-state index in [1.54, 1.807) is 0 Å². The standard InChI is InChI=1S/C18H36O2.C4H6O4/c1-2-3-4-5-6-7-8-9-10-11-12-13-14-15-16-17-18(19)20;5-1-3-2-7-4(6)8-3/h2-17H2,1H3,(H,19,20);3,5H,1-2H2. The van der Waals surface area contributed by atoms with Crippen LogP contribution < -0.4 is 0 Å². The van der Waals surface area contributed by atoms with E-state index in [9.17, 15) is 9.59 Å². The fourth-order valence-electron chi connectivity index (χ4n) is 3.10. The van der Waals surface area contributed by atoms with E-state index in [1.807, 2.05) is 0 Å². The SMILES string of the molecule is CCCCCCCCCCCCCCCCCC(=O)O.O=C1OCC(CO)O1. The summed E-state index contributed by atoms with van der Waals surface area (Å²) in [6, 6.07) is 0. The van der Waals surface area contributed by atoms with Crippen molar-refractivity contribution in [1.29, 1.82) is 0 Å². The van der Waals surface area contributed by atoms with Crippen LogP contribution in [0.2, 0.25) is 0 Å². The van der Waals surface area contributed by atoms with Gasteiger partial charge in [0.2, 0.25) is 0 Å². The first-order valence-electron chi connectivity index (χ1n) is 11.3. The molecule has 0 aromatic heterocycles. The van der Waals surface area contributed by atoms with E-state index in [-0.39, 0.29) is 13.2 Å². The number of carboxylic acid groups (broad SMARTS) is 1. The molecule has 0 aliphatic carbocycles. The maximum Gasteiger partial charge on any atom is 0.508 e. The van der Waals surface area contributed by atoms with Gasteiger partial charge in [-0.15, -0.1) is 0 Å². The van der Waals surface area contributed by atoms with Crippen molar-refractivity contribution in [1.82, 2.24) is 0 Å². The van der Waals surface area contributed by atoms with Crippen LogP contribution in [0.1, 0.15) is 110 Å². The molecule has 0 radical (unpaired) electrons. The maximum absolute atomic E-state index is 10.3. The first-order chi connectivity index (χ1) is 13.6. The highest BCUT2D eigenvalue weighted by Gasteiger charge is 2.23. The van der Waals surface area contributed by atoms with Crippen LogP contribution >= 0.6 is 0 Å². The topological polar surface area (TPSA) is 93.1 Å². The lowest BCUT2D eigenvalue weighted by atomic mass is 10.0. The van der Waals surface area contributed by atoms with Crippen LogP contribution in [0.5, 0.6) is 0 Å². The second-order valence-electron chi connectivity index (χ2n) is 7.58. The first kappa shape index (κ1) is 26.7. The Morgan fingerprint density at radius 3 is 1.57 bits per heavy atom. The molecule has 0 saturated carbocycles. The van der Waals surface area contributed by atoms with E-state index >= 15 is 0 Å². The van der Waals surface area contributed by atoms with Gasteiger partial charge in [-0.05, 0) is 6.42 Å². The fraction of sp³-hybridized carbons (Fsp3) is 0.909. The first-order valence-corrected chi connectivity index (χ1v) is 11.3. The van der Waals surface area contributed by atoms with Gasteiger partial charge in [0.05, 0.1) is 6.61 Å². The molecule has 2 N–H and O–H groups in total. The lowest BCUT2D eigenvalue weighted by molar-refractivity contribution is -0.137. The monoisotopic (exact) mass is 402 g/mol. The van der Waals surface area contributed by atoms with Crippen LogP contribution in [0.3, 0.4) is 0 Å². The number of aliphatic hydroxyl groups is 1. The van der Waals surface area contributed by atoms with Crippen molar-refractivity contribution in [2.75, 3.05) is 13.2 Å². The third kappa shape index (κ3) is 19.5. The Morgan fingerprint density at radius 1 is 0.857 bits per heavy atom. The van der Waals surface area contributed by atoms with E-state index in [1.165, 1.54) is 83.5 Å². The third-order valence-corrected chi connectivity index (χ3v) is 4.85. The Labute approximate surface area is 171 Å². The number of carbonyl (C=O) groups excluding carboxylic acids is 1. The zero-order valence-corrected chi connectivity index (χ0v) is 17.8. The summed E-state index contributed by atoms with van der Waals surface area (Å²) in [7, 11) is 0. The van der Waals surface area contributed by atoms with E-state index in [2.05, 4.69) is 16.4 Å². The second kappa shape index (κ2) is 20.4. The number of unbranched alkanes of at least 4 members (excludes halogenated alkanes) is 14. The molecule has 1 fully saturated rings. The van der Waals surface area contributed by atoms with Crippen molar-refractivity contribution in [2.45, 2.75) is 116 Å². The van der Waals surface area contributed by atoms with Gasteiger partial charge in [-0.2, -0.15) is 0 Å². The molecule has 1 atom stereocenters. The Kier molecular flexibility index (Phi) is 19.5. The summed E-state index contributed by atoms with van der Waals surface area (Å²) in [5.41, 5.74) is 0. The molecule has 28 heavy (non-hydrogen) atoms. The average Bonchev–Trinajstić information content (AvgIpc) is 3.11. The number of ether oxygens (including phenoxy) is 2. The van der Waals surface area contributed by atoms with Crippen LogP contribution in [-0.4, -0.2) is 41.7 Å². The number of hydrogen-bond acceptors (Lipinski definition) is 5. The summed E-state index contributed by atoms with van der Waals surface area (Å²) in [4.78, 5) is 20.4. The predicted molar refractivity (Wildman–Crippen MR) is 110 cm³/mol. The number of cyclic esters (lactones) is 2. The number of rotatable bonds is 17. The molecule has 1 unspecified atom stereocenters. The smallest absolute Gasteiger partial charge is 0.481 e. The summed E-state index contributed by atoms with van der Waals surface area (Å²) in [6.45, 7) is 2.28. The van der Waals surface area contributed by atoms with Crippen molar-refractivity contribution >= 4 is 12.1 Å². The molecule has 0 amide bonds. The Bertz CT molecular complexity index is 372. The zero-order chi connectivity index (χ0) is 20.9. The molecule has 1 aliphatic heterocycles. The number of aliphatic hydroxyl groups excluding tert-OH is 1. The lowest BCUT2D eigenvalue weighted by Crippen LogP contribution is -2.14. The van der Waals surface area contributed by atoms with E-state index in [0.717, 1.165) is 12.8 Å². The minimum Gasteiger partial charge on any atom is -0.481 e. The van der Waals surface area contributed by atoms with E-state index in [0.29, 0.717) is 6.42 Å². The molecule has 0 aromatic rings. The molecule has 0 aromatic carbocycles. The third-order valence-electron chi connectivity index (χ3n) is 4.85. The molecular formula is C22H42O6. The van der Waals surface area contributed by atoms with E-state index < -0.39 is 18.2 Å². The normalized spacial score (nSPS) is 15.5. The Balaban J connectivity index is 0.000000749. The lowest BCUT2D eigenvalue weighted by Gasteiger charge is -2.03. The van der Waals surface area contributed by atoms with Gasteiger partial charge < -0.3 is 19.7 Å². The second-order valence-corrected chi connectivity index (χ2v) is 7.58. The quantitative estimate of drug-likeness (QED) is 0.234. The molecule has 166 valence electrons. The molecule has 1 aliphatic rings. The van der Waals surface area contributed by atoms with Crippen LogP contribution in [0.4, 0.5) is 4.79 Å². The van der Waals surface area contributed by atoms with Crippen molar-refractivity contribution in [3.8, 4) is 0 Å². The minimum atomic E-state index is -0.691. The molecule has 1 heterocycles. The van der Waals surface area contributed by atoms with E-state index in [4.69, 9.17) is 10.2 Å². The molecule has 1 saturated heterocycles. The molecule has 0 bridgehead atoms. The molecule has 6 heteroatoms. The van der Waals surface area contributed by atoms with Crippen LogP contribution in [0, 0.1) is 0 Å². The zero-order valence-electron chi connectivity index (χ0n) is 17.8. The van der Waals surface area contributed by atoms with Gasteiger partial charge in [-0.3, -0.25) is 4.79 Å². The number of carboxylic acids is 1. The summed E-state index contributed by atoms with van der Waals surface area (Å²) in [6.07, 6.45) is 19.1. The Hall–Kier alpha value is -1.30. The number of hydrogen-bond donors (Lipinski definition) is 2. The van der Waals surface area contributed by atoms with Gasteiger partial charge in [0.25, 0.3) is 0 Å². The predicted octanol–water partition coefficient (Wildman–Crippen LogP) is 5.85. The van der Waals surface area contributed by atoms with Gasteiger partial charge in [0.15, 0.2) is 6.10 Å². The largest absolute Gasteiger partial charge is 0.508 e. The molecule has 1 rings (SSSR count). The van der Waals surface area contributed by atoms with Gasteiger partial charge in [-0.25, -0.2) is 4.79 Å². The van der Waals surface area contributed by atoms with Crippen LogP contribution in [-0.2, 0) is 14.3 Å². The highest BCUT2D eigenvalue weighted by Crippen LogP contribution is 2.13. The molecule has 6 nitrogen and oxygen atoms in total.